The molecule has 3 rings (SSSR count). The number of carbonyl (C=O) groups is 1. The molecule has 0 atom stereocenters. The number of carbonyl (C=O) groups excluding carboxylic acids is 1. The second kappa shape index (κ2) is 9.01. The standard InChI is InChI=1S/C26H40O2/c1-20-18-23(10-6-5-8-12-25(4)14-15-25)21(2)22(3)24(20)11-7-9-13-26(16-17-26)28-19-27/h18-19H,5-17H2,1-4H3. The maximum Gasteiger partial charge on any atom is 0.293 e. The Morgan fingerprint density at radius 1 is 0.893 bits per heavy atom. The van der Waals surface area contributed by atoms with E-state index in [1.807, 2.05) is 0 Å². The lowest BCUT2D eigenvalue weighted by Gasteiger charge is -2.18. The number of unbranched alkanes of at least 4 members (excludes halogenated alkanes) is 3. The number of hydrogen-bond acceptors (Lipinski definition) is 2. The van der Waals surface area contributed by atoms with Crippen LogP contribution in [0.4, 0.5) is 0 Å². The molecule has 28 heavy (non-hydrogen) atoms. The summed E-state index contributed by atoms with van der Waals surface area (Å²) in [5.74, 6) is 0. The first-order valence-corrected chi connectivity index (χ1v) is 11.6. The second-order valence-electron chi connectivity index (χ2n) is 10.1. The molecule has 0 radical (unpaired) electrons. The zero-order valence-corrected chi connectivity index (χ0v) is 18.7. The van der Waals surface area contributed by atoms with Crippen LogP contribution < -0.4 is 0 Å². The average molecular weight is 385 g/mol. The van der Waals surface area contributed by atoms with Gasteiger partial charge in [-0.25, -0.2) is 0 Å². The van der Waals surface area contributed by atoms with Gasteiger partial charge in [-0.1, -0.05) is 25.8 Å². The maximum atomic E-state index is 10.6. The van der Waals surface area contributed by atoms with Crippen molar-refractivity contribution in [1.82, 2.24) is 0 Å². The number of ether oxygens (including phenoxy) is 1. The van der Waals surface area contributed by atoms with Crippen LogP contribution in [0.5, 0.6) is 0 Å². The van der Waals surface area contributed by atoms with E-state index < -0.39 is 0 Å². The van der Waals surface area contributed by atoms with Crippen molar-refractivity contribution in [3.8, 4) is 0 Å². The molecule has 0 aliphatic heterocycles. The summed E-state index contributed by atoms with van der Waals surface area (Å²) >= 11 is 0. The zero-order chi connectivity index (χ0) is 20.2. The second-order valence-corrected chi connectivity index (χ2v) is 10.1. The average Bonchev–Trinajstić information content (AvgIpc) is 3.58. The topological polar surface area (TPSA) is 26.3 Å². The molecule has 0 unspecified atom stereocenters. The first kappa shape index (κ1) is 21.4. The van der Waals surface area contributed by atoms with Crippen LogP contribution >= 0.6 is 0 Å². The molecule has 1 aromatic rings. The van der Waals surface area contributed by atoms with E-state index in [2.05, 4.69) is 33.8 Å². The van der Waals surface area contributed by atoms with Gasteiger partial charge in [-0.15, -0.1) is 0 Å². The van der Waals surface area contributed by atoms with Gasteiger partial charge < -0.3 is 4.74 Å². The molecule has 2 heteroatoms. The number of hydrogen-bond donors (Lipinski definition) is 0. The molecule has 156 valence electrons. The van der Waals surface area contributed by atoms with Crippen molar-refractivity contribution in [2.75, 3.05) is 0 Å². The molecule has 0 aromatic heterocycles. The van der Waals surface area contributed by atoms with Crippen molar-refractivity contribution < 1.29 is 9.53 Å². The van der Waals surface area contributed by atoms with Crippen molar-refractivity contribution >= 4 is 6.47 Å². The van der Waals surface area contributed by atoms with E-state index in [1.54, 1.807) is 11.1 Å². The van der Waals surface area contributed by atoms with E-state index >= 15 is 0 Å². The van der Waals surface area contributed by atoms with E-state index in [9.17, 15) is 4.79 Å². The van der Waals surface area contributed by atoms with Crippen LogP contribution in [0, 0.1) is 26.2 Å². The Morgan fingerprint density at radius 2 is 1.57 bits per heavy atom. The van der Waals surface area contributed by atoms with Gasteiger partial charge in [0.25, 0.3) is 6.47 Å². The van der Waals surface area contributed by atoms with Gasteiger partial charge in [0.05, 0.1) is 0 Å². The third-order valence-electron chi connectivity index (χ3n) is 7.61. The Morgan fingerprint density at radius 3 is 2.21 bits per heavy atom. The smallest absolute Gasteiger partial charge is 0.293 e. The summed E-state index contributed by atoms with van der Waals surface area (Å²) in [5.41, 5.74) is 8.21. The number of aryl methyl sites for hydroxylation is 2. The normalized spacial score (nSPS) is 18.7. The summed E-state index contributed by atoms with van der Waals surface area (Å²) < 4.78 is 5.27. The Balaban J connectivity index is 1.45. The first-order chi connectivity index (χ1) is 13.4. The fourth-order valence-electron chi connectivity index (χ4n) is 4.79. The molecule has 0 amide bonds. The molecule has 1 aromatic carbocycles. The monoisotopic (exact) mass is 384 g/mol. The van der Waals surface area contributed by atoms with Gasteiger partial charge in [0.1, 0.15) is 5.60 Å². The predicted molar refractivity (Wildman–Crippen MR) is 117 cm³/mol. The SMILES string of the molecule is Cc1cc(CCCCCC2(C)CC2)c(C)c(C)c1CCCCC1(OC=O)CC1. The molecular weight excluding hydrogens is 344 g/mol. The van der Waals surface area contributed by atoms with E-state index in [0.717, 1.165) is 32.1 Å². The molecule has 2 aliphatic rings. The molecule has 2 fully saturated rings. The Kier molecular flexibility index (Phi) is 6.89. The number of benzene rings is 1. The van der Waals surface area contributed by atoms with E-state index in [0.29, 0.717) is 11.9 Å². The molecule has 2 nitrogen and oxygen atoms in total. The fraction of sp³-hybridized carbons (Fsp3) is 0.731. The van der Waals surface area contributed by atoms with Crippen LogP contribution in [0.1, 0.15) is 105 Å². The van der Waals surface area contributed by atoms with Crippen LogP contribution in [0.15, 0.2) is 6.07 Å². The highest BCUT2D eigenvalue weighted by molar-refractivity contribution is 5.44. The van der Waals surface area contributed by atoms with Gasteiger partial charge in [-0.2, -0.15) is 0 Å². The van der Waals surface area contributed by atoms with Crippen LogP contribution in [0.3, 0.4) is 0 Å². The maximum absolute atomic E-state index is 10.6. The fourth-order valence-corrected chi connectivity index (χ4v) is 4.79. The molecule has 0 heterocycles. The molecule has 0 bridgehead atoms. The van der Waals surface area contributed by atoms with E-state index in [1.165, 1.54) is 68.1 Å². The summed E-state index contributed by atoms with van der Waals surface area (Å²) in [6.45, 7) is 10.00. The van der Waals surface area contributed by atoms with Crippen molar-refractivity contribution in [2.45, 2.75) is 117 Å². The Bertz CT molecular complexity index is 680. The van der Waals surface area contributed by atoms with Gasteiger partial charge in [0, 0.05) is 0 Å². The molecule has 2 saturated carbocycles. The van der Waals surface area contributed by atoms with Gasteiger partial charge >= 0.3 is 0 Å². The summed E-state index contributed by atoms with van der Waals surface area (Å²) in [7, 11) is 0. The molecule has 0 N–H and O–H groups in total. The first-order valence-electron chi connectivity index (χ1n) is 11.6. The molecule has 2 aliphatic carbocycles. The lowest BCUT2D eigenvalue weighted by Crippen LogP contribution is -2.12. The van der Waals surface area contributed by atoms with Crippen LogP contribution in [-0.4, -0.2) is 12.1 Å². The third-order valence-corrected chi connectivity index (χ3v) is 7.61. The number of rotatable bonds is 13. The zero-order valence-electron chi connectivity index (χ0n) is 18.7. The van der Waals surface area contributed by atoms with E-state index in [4.69, 9.17) is 4.74 Å². The third kappa shape index (κ3) is 5.61. The highest BCUT2D eigenvalue weighted by atomic mass is 16.5. The van der Waals surface area contributed by atoms with Gasteiger partial charge in [0.2, 0.25) is 0 Å². The summed E-state index contributed by atoms with van der Waals surface area (Å²) in [6.07, 6.45) is 16.3. The summed E-state index contributed by atoms with van der Waals surface area (Å²) in [4.78, 5) is 10.6. The lowest BCUT2D eigenvalue weighted by atomic mass is 9.88. The van der Waals surface area contributed by atoms with E-state index in [-0.39, 0.29) is 5.60 Å². The highest BCUT2D eigenvalue weighted by Gasteiger charge is 2.44. The summed E-state index contributed by atoms with van der Waals surface area (Å²) in [6, 6.07) is 2.46. The van der Waals surface area contributed by atoms with Crippen LogP contribution in [0.2, 0.25) is 0 Å². The van der Waals surface area contributed by atoms with Gasteiger partial charge in [-0.3, -0.25) is 4.79 Å². The molecular formula is C26H40O2. The quantitative estimate of drug-likeness (QED) is 0.272. The molecule has 0 saturated heterocycles. The largest absolute Gasteiger partial charge is 0.461 e. The highest BCUT2D eigenvalue weighted by Crippen LogP contribution is 2.49. The summed E-state index contributed by atoms with van der Waals surface area (Å²) in [5, 5.41) is 0. The van der Waals surface area contributed by atoms with Gasteiger partial charge in [-0.05, 0) is 125 Å². The Hall–Kier alpha value is -1.31. The van der Waals surface area contributed by atoms with Crippen molar-refractivity contribution in [2.24, 2.45) is 5.41 Å². The van der Waals surface area contributed by atoms with Crippen molar-refractivity contribution in [3.63, 3.8) is 0 Å². The minimum absolute atomic E-state index is 0.0947. The Labute approximate surface area is 172 Å². The molecule has 0 spiro atoms. The van der Waals surface area contributed by atoms with Crippen molar-refractivity contribution in [1.29, 1.82) is 0 Å². The predicted octanol–water partition coefficient (Wildman–Crippen LogP) is 6.93. The van der Waals surface area contributed by atoms with Crippen molar-refractivity contribution in [3.05, 3.63) is 33.9 Å². The van der Waals surface area contributed by atoms with Crippen LogP contribution in [0.25, 0.3) is 0 Å². The minimum atomic E-state index is -0.0947. The van der Waals surface area contributed by atoms with Crippen LogP contribution in [-0.2, 0) is 22.4 Å². The van der Waals surface area contributed by atoms with Gasteiger partial charge in [0.15, 0.2) is 0 Å². The lowest BCUT2D eigenvalue weighted by molar-refractivity contribution is -0.135. The minimum Gasteiger partial charge on any atom is -0.461 e.